The van der Waals surface area contributed by atoms with E-state index in [4.69, 9.17) is 5.73 Å². The summed E-state index contributed by atoms with van der Waals surface area (Å²) in [6.45, 7) is 7.92. The highest BCUT2D eigenvalue weighted by molar-refractivity contribution is 5.27. The number of hydrogen-bond acceptors (Lipinski definition) is 3. The molecule has 102 valence electrons. The third-order valence-corrected chi connectivity index (χ3v) is 4.13. The SMILES string of the molecule is C=CN/C(C)=C(\N)CC1CCc2cccnc2C1C. The van der Waals surface area contributed by atoms with E-state index in [9.17, 15) is 0 Å². The maximum atomic E-state index is 6.17. The summed E-state index contributed by atoms with van der Waals surface area (Å²) < 4.78 is 0. The molecule has 0 amide bonds. The molecule has 1 aliphatic rings. The predicted octanol–water partition coefficient (Wildman–Crippen LogP) is 3.06. The highest BCUT2D eigenvalue weighted by Crippen LogP contribution is 2.37. The summed E-state index contributed by atoms with van der Waals surface area (Å²) in [6.07, 6.45) is 6.77. The number of pyridine rings is 1. The van der Waals surface area contributed by atoms with E-state index < -0.39 is 0 Å². The zero-order valence-corrected chi connectivity index (χ0v) is 11.8. The first-order chi connectivity index (χ1) is 9.13. The molecule has 0 aliphatic heterocycles. The number of rotatable bonds is 4. The lowest BCUT2D eigenvalue weighted by Gasteiger charge is -2.30. The summed E-state index contributed by atoms with van der Waals surface area (Å²) in [5.41, 5.74) is 10.7. The average Bonchev–Trinajstić information content (AvgIpc) is 2.42. The highest BCUT2D eigenvalue weighted by atomic mass is 14.9. The Morgan fingerprint density at radius 1 is 1.63 bits per heavy atom. The number of allylic oxidation sites excluding steroid dienone is 2. The Labute approximate surface area is 115 Å². The van der Waals surface area contributed by atoms with Gasteiger partial charge >= 0.3 is 0 Å². The van der Waals surface area contributed by atoms with Crippen LogP contribution in [0.1, 0.15) is 43.9 Å². The van der Waals surface area contributed by atoms with Gasteiger partial charge in [-0.3, -0.25) is 4.98 Å². The second-order valence-corrected chi connectivity index (χ2v) is 5.34. The van der Waals surface area contributed by atoms with Crippen molar-refractivity contribution >= 4 is 0 Å². The van der Waals surface area contributed by atoms with Crippen molar-refractivity contribution in [1.29, 1.82) is 0 Å². The fourth-order valence-corrected chi connectivity index (χ4v) is 2.85. The lowest BCUT2D eigenvalue weighted by Crippen LogP contribution is -2.23. The van der Waals surface area contributed by atoms with Gasteiger partial charge in [0.05, 0.1) is 0 Å². The van der Waals surface area contributed by atoms with Crippen LogP contribution in [-0.4, -0.2) is 4.98 Å². The fraction of sp³-hybridized carbons (Fsp3) is 0.438. The maximum Gasteiger partial charge on any atom is 0.0466 e. The van der Waals surface area contributed by atoms with Gasteiger partial charge in [0.2, 0.25) is 0 Å². The smallest absolute Gasteiger partial charge is 0.0466 e. The second kappa shape index (κ2) is 5.91. The molecule has 2 unspecified atom stereocenters. The summed E-state index contributed by atoms with van der Waals surface area (Å²) in [5, 5.41) is 3.07. The molecule has 2 atom stereocenters. The molecule has 1 aromatic heterocycles. The van der Waals surface area contributed by atoms with Gasteiger partial charge in [-0.05, 0) is 49.9 Å². The Bertz CT molecular complexity index is 491. The Hall–Kier alpha value is -1.77. The van der Waals surface area contributed by atoms with Gasteiger partial charge in [-0.1, -0.05) is 19.6 Å². The Balaban J connectivity index is 2.12. The molecule has 3 nitrogen and oxygen atoms in total. The predicted molar refractivity (Wildman–Crippen MR) is 79.3 cm³/mol. The minimum atomic E-state index is 0.472. The van der Waals surface area contributed by atoms with E-state index in [-0.39, 0.29) is 0 Å². The molecule has 3 N–H and O–H groups in total. The van der Waals surface area contributed by atoms with Crippen molar-refractivity contribution in [3.8, 4) is 0 Å². The molecule has 2 rings (SSSR count). The molecule has 0 spiro atoms. The lowest BCUT2D eigenvalue weighted by atomic mass is 9.76. The fourth-order valence-electron chi connectivity index (χ4n) is 2.85. The molecule has 1 heterocycles. The van der Waals surface area contributed by atoms with Crippen molar-refractivity contribution in [3.63, 3.8) is 0 Å². The van der Waals surface area contributed by atoms with Gasteiger partial charge in [0.15, 0.2) is 0 Å². The van der Waals surface area contributed by atoms with E-state index in [2.05, 4.69) is 29.9 Å². The summed E-state index contributed by atoms with van der Waals surface area (Å²) in [5.74, 6) is 1.05. The molecule has 0 bridgehead atoms. The Morgan fingerprint density at radius 3 is 3.16 bits per heavy atom. The largest absolute Gasteiger partial charge is 0.401 e. The van der Waals surface area contributed by atoms with Crippen LogP contribution in [0.3, 0.4) is 0 Å². The Morgan fingerprint density at radius 2 is 2.42 bits per heavy atom. The molecule has 19 heavy (non-hydrogen) atoms. The molecule has 1 aromatic rings. The van der Waals surface area contributed by atoms with E-state index in [1.165, 1.54) is 17.7 Å². The monoisotopic (exact) mass is 257 g/mol. The van der Waals surface area contributed by atoms with E-state index in [1.807, 2.05) is 19.2 Å². The number of nitrogens with one attached hydrogen (secondary N) is 1. The van der Waals surface area contributed by atoms with Crippen molar-refractivity contribution in [3.05, 3.63) is 53.8 Å². The minimum absolute atomic E-state index is 0.472. The summed E-state index contributed by atoms with van der Waals surface area (Å²) >= 11 is 0. The molecule has 0 aromatic carbocycles. The summed E-state index contributed by atoms with van der Waals surface area (Å²) in [4.78, 5) is 4.55. The zero-order valence-electron chi connectivity index (χ0n) is 11.8. The van der Waals surface area contributed by atoms with Gasteiger partial charge < -0.3 is 11.1 Å². The van der Waals surface area contributed by atoms with E-state index >= 15 is 0 Å². The van der Waals surface area contributed by atoms with E-state index in [1.54, 1.807) is 6.20 Å². The molecular formula is C16H23N3. The lowest BCUT2D eigenvalue weighted by molar-refractivity contribution is 0.378. The Kier molecular flexibility index (Phi) is 4.25. The number of fused-ring (bicyclic) bond motifs is 1. The molecule has 0 radical (unpaired) electrons. The van der Waals surface area contributed by atoms with Crippen LogP contribution >= 0.6 is 0 Å². The van der Waals surface area contributed by atoms with Gasteiger partial charge in [-0.25, -0.2) is 0 Å². The first kappa shape index (κ1) is 13.7. The van der Waals surface area contributed by atoms with Crippen LogP contribution in [0.2, 0.25) is 0 Å². The van der Waals surface area contributed by atoms with Crippen LogP contribution < -0.4 is 11.1 Å². The van der Waals surface area contributed by atoms with Crippen LogP contribution in [0, 0.1) is 5.92 Å². The van der Waals surface area contributed by atoms with Crippen molar-refractivity contribution in [2.24, 2.45) is 11.7 Å². The number of nitrogens with zero attached hydrogens (tertiary/aromatic N) is 1. The van der Waals surface area contributed by atoms with Crippen LogP contribution in [-0.2, 0) is 6.42 Å². The summed E-state index contributed by atoms with van der Waals surface area (Å²) in [7, 11) is 0. The van der Waals surface area contributed by atoms with Gasteiger partial charge in [-0.15, -0.1) is 0 Å². The van der Waals surface area contributed by atoms with Crippen molar-refractivity contribution in [2.45, 2.75) is 39.0 Å². The molecule has 1 aliphatic carbocycles. The molecule has 0 fully saturated rings. The van der Waals surface area contributed by atoms with Gasteiger partial charge in [0.25, 0.3) is 0 Å². The maximum absolute atomic E-state index is 6.17. The number of aromatic nitrogens is 1. The van der Waals surface area contributed by atoms with Crippen molar-refractivity contribution in [1.82, 2.24) is 10.3 Å². The van der Waals surface area contributed by atoms with Crippen molar-refractivity contribution in [2.75, 3.05) is 0 Å². The van der Waals surface area contributed by atoms with Crippen LogP contribution in [0.25, 0.3) is 0 Å². The van der Waals surface area contributed by atoms with Crippen LogP contribution in [0.4, 0.5) is 0 Å². The molecular weight excluding hydrogens is 234 g/mol. The molecule has 0 saturated heterocycles. The summed E-state index contributed by atoms with van der Waals surface area (Å²) in [6, 6.07) is 4.22. The van der Waals surface area contributed by atoms with Crippen molar-refractivity contribution < 1.29 is 0 Å². The first-order valence-electron chi connectivity index (χ1n) is 6.90. The normalized spacial score (nSPS) is 23.3. The number of nitrogens with two attached hydrogens (primary N) is 1. The van der Waals surface area contributed by atoms with Crippen LogP contribution in [0.15, 0.2) is 42.5 Å². The number of aryl methyl sites for hydroxylation is 1. The third-order valence-electron chi connectivity index (χ3n) is 4.13. The van der Waals surface area contributed by atoms with Gasteiger partial charge in [-0.2, -0.15) is 0 Å². The molecule has 3 heteroatoms. The van der Waals surface area contributed by atoms with E-state index in [0.717, 1.165) is 24.2 Å². The topological polar surface area (TPSA) is 50.9 Å². The quantitative estimate of drug-likeness (QED) is 0.871. The average molecular weight is 257 g/mol. The second-order valence-electron chi connectivity index (χ2n) is 5.34. The van der Waals surface area contributed by atoms with Gasteiger partial charge in [0, 0.05) is 29.2 Å². The third kappa shape index (κ3) is 2.98. The first-order valence-corrected chi connectivity index (χ1v) is 6.90. The van der Waals surface area contributed by atoms with E-state index in [0.29, 0.717) is 11.8 Å². The number of hydrogen-bond donors (Lipinski definition) is 2. The van der Waals surface area contributed by atoms with Crippen LogP contribution in [0.5, 0.6) is 0 Å². The highest BCUT2D eigenvalue weighted by Gasteiger charge is 2.27. The zero-order chi connectivity index (χ0) is 13.8. The molecule has 0 saturated carbocycles. The standard InChI is InChI=1S/C16H23N3/c1-4-18-12(3)15(17)10-14-8-7-13-6-5-9-19-16(13)11(14)2/h4-6,9,11,14,18H,1,7-8,10,17H2,2-3H3/b15-12-. The van der Waals surface area contributed by atoms with Gasteiger partial charge in [0.1, 0.15) is 0 Å². The minimum Gasteiger partial charge on any atom is -0.401 e.